The third-order valence-corrected chi connectivity index (χ3v) is 5.14. The Bertz CT molecular complexity index is 581. The lowest BCUT2D eigenvalue weighted by Gasteiger charge is -2.30. The maximum absolute atomic E-state index is 13.3. The monoisotopic (exact) mass is 290 g/mol. The number of nitrogens with one attached hydrogen (secondary N) is 1. The van der Waals surface area contributed by atoms with Gasteiger partial charge in [-0.3, -0.25) is 11.3 Å². The number of hydrogen-bond donors (Lipinski definition) is 2. The quantitative estimate of drug-likeness (QED) is 0.669. The Kier molecular flexibility index (Phi) is 4.15. The van der Waals surface area contributed by atoms with Crippen molar-refractivity contribution in [1.82, 2.24) is 5.43 Å². The first-order valence-corrected chi connectivity index (χ1v) is 7.92. The molecule has 1 aromatic heterocycles. The molecule has 0 spiro atoms. The SMILES string of the molecule is NNC(Cc1cccc(F)c1)C1CCCc2sccc21. The minimum Gasteiger partial charge on any atom is -0.271 e. The van der Waals surface area contributed by atoms with Crippen molar-refractivity contribution in [3.8, 4) is 0 Å². The van der Waals surface area contributed by atoms with Crippen LogP contribution in [0.5, 0.6) is 0 Å². The van der Waals surface area contributed by atoms with Gasteiger partial charge < -0.3 is 0 Å². The van der Waals surface area contributed by atoms with Gasteiger partial charge in [0.05, 0.1) is 0 Å². The van der Waals surface area contributed by atoms with Gasteiger partial charge in [0.15, 0.2) is 0 Å². The molecule has 0 amide bonds. The number of hydrogen-bond acceptors (Lipinski definition) is 3. The van der Waals surface area contributed by atoms with E-state index in [0.717, 1.165) is 18.4 Å². The molecule has 0 aliphatic heterocycles. The first kappa shape index (κ1) is 13.7. The van der Waals surface area contributed by atoms with E-state index in [1.54, 1.807) is 12.1 Å². The van der Waals surface area contributed by atoms with Crippen molar-refractivity contribution in [2.75, 3.05) is 0 Å². The summed E-state index contributed by atoms with van der Waals surface area (Å²) >= 11 is 1.84. The number of benzene rings is 1. The van der Waals surface area contributed by atoms with E-state index in [2.05, 4.69) is 16.9 Å². The van der Waals surface area contributed by atoms with Crippen molar-refractivity contribution in [3.05, 3.63) is 57.5 Å². The molecule has 2 nitrogen and oxygen atoms in total. The third kappa shape index (κ3) is 2.77. The van der Waals surface area contributed by atoms with Gasteiger partial charge in [0.25, 0.3) is 0 Å². The average Bonchev–Trinajstić information content (AvgIpc) is 2.93. The highest BCUT2D eigenvalue weighted by Crippen LogP contribution is 2.37. The zero-order chi connectivity index (χ0) is 13.9. The van der Waals surface area contributed by atoms with Gasteiger partial charge in [-0.05, 0) is 60.4 Å². The molecule has 1 aromatic carbocycles. The molecule has 20 heavy (non-hydrogen) atoms. The lowest BCUT2D eigenvalue weighted by atomic mass is 9.80. The predicted octanol–water partition coefficient (Wildman–Crippen LogP) is 3.38. The molecule has 4 heteroatoms. The zero-order valence-electron chi connectivity index (χ0n) is 11.3. The Labute approximate surface area is 122 Å². The number of halogens is 1. The van der Waals surface area contributed by atoms with Gasteiger partial charge in [-0.2, -0.15) is 0 Å². The molecule has 106 valence electrons. The van der Waals surface area contributed by atoms with Crippen LogP contribution < -0.4 is 11.3 Å². The van der Waals surface area contributed by atoms with Crippen molar-refractivity contribution >= 4 is 11.3 Å². The lowest BCUT2D eigenvalue weighted by molar-refractivity contribution is 0.397. The van der Waals surface area contributed by atoms with Gasteiger partial charge in [0, 0.05) is 16.8 Å². The van der Waals surface area contributed by atoms with Crippen molar-refractivity contribution in [2.45, 2.75) is 37.6 Å². The largest absolute Gasteiger partial charge is 0.271 e. The third-order valence-electron chi connectivity index (χ3n) is 4.14. The van der Waals surface area contributed by atoms with Crippen LogP contribution in [0.2, 0.25) is 0 Å². The highest BCUT2D eigenvalue weighted by atomic mass is 32.1. The van der Waals surface area contributed by atoms with E-state index in [0.29, 0.717) is 5.92 Å². The number of nitrogens with two attached hydrogens (primary N) is 1. The van der Waals surface area contributed by atoms with Gasteiger partial charge in [-0.1, -0.05) is 12.1 Å². The van der Waals surface area contributed by atoms with Crippen LogP contribution in [0, 0.1) is 5.82 Å². The second-order valence-corrected chi connectivity index (χ2v) is 6.41. The second kappa shape index (κ2) is 6.04. The highest BCUT2D eigenvalue weighted by molar-refractivity contribution is 7.10. The van der Waals surface area contributed by atoms with Crippen LogP contribution in [0.4, 0.5) is 4.39 Å². The van der Waals surface area contributed by atoms with Crippen LogP contribution >= 0.6 is 11.3 Å². The molecule has 3 N–H and O–H groups in total. The van der Waals surface area contributed by atoms with Crippen LogP contribution in [-0.2, 0) is 12.8 Å². The number of hydrazine groups is 1. The highest BCUT2D eigenvalue weighted by Gasteiger charge is 2.28. The molecule has 3 rings (SSSR count). The number of fused-ring (bicyclic) bond motifs is 1. The van der Waals surface area contributed by atoms with E-state index in [1.165, 1.54) is 29.3 Å². The smallest absolute Gasteiger partial charge is 0.123 e. The fraction of sp³-hybridized carbons (Fsp3) is 0.375. The molecule has 2 aromatic rings. The molecular weight excluding hydrogens is 271 g/mol. The fourth-order valence-electron chi connectivity index (χ4n) is 3.18. The van der Waals surface area contributed by atoms with Gasteiger partial charge in [-0.15, -0.1) is 11.3 Å². The second-order valence-electron chi connectivity index (χ2n) is 5.41. The summed E-state index contributed by atoms with van der Waals surface area (Å²) in [5.74, 6) is 6.02. The Morgan fingerprint density at radius 3 is 3.10 bits per heavy atom. The summed E-state index contributed by atoms with van der Waals surface area (Å²) in [5.41, 5.74) is 5.38. The van der Waals surface area contributed by atoms with E-state index in [4.69, 9.17) is 5.84 Å². The van der Waals surface area contributed by atoms with E-state index in [9.17, 15) is 4.39 Å². The number of aryl methyl sites for hydroxylation is 1. The van der Waals surface area contributed by atoms with Crippen LogP contribution in [0.15, 0.2) is 35.7 Å². The summed E-state index contributed by atoms with van der Waals surface area (Å²) < 4.78 is 13.3. The van der Waals surface area contributed by atoms with E-state index < -0.39 is 0 Å². The van der Waals surface area contributed by atoms with Crippen molar-refractivity contribution in [3.63, 3.8) is 0 Å². The molecule has 0 saturated carbocycles. The molecule has 0 radical (unpaired) electrons. The predicted molar refractivity (Wildman–Crippen MR) is 81.2 cm³/mol. The molecular formula is C16H19FN2S. The van der Waals surface area contributed by atoms with E-state index in [1.807, 2.05) is 17.4 Å². The van der Waals surface area contributed by atoms with Gasteiger partial charge >= 0.3 is 0 Å². The van der Waals surface area contributed by atoms with E-state index in [-0.39, 0.29) is 11.9 Å². The molecule has 2 unspecified atom stereocenters. The van der Waals surface area contributed by atoms with Crippen LogP contribution in [0.1, 0.15) is 34.8 Å². The van der Waals surface area contributed by atoms with Gasteiger partial charge in [0.2, 0.25) is 0 Å². The molecule has 0 bridgehead atoms. The van der Waals surface area contributed by atoms with Crippen molar-refractivity contribution in [1.29, 1.82) is 0 Å². The van der Waals surface area contributed by atoms with Crippen molar-refractivity contribution < 1.29 is 4.39 Å². The molecule has 1 heterocycles. The first-order valence-electron chi connectivity index (χ1n) is 7.05. The summed E-state index contributed by atoms with van der Waals surface area (Å²) in [6, 6.07) is 9.18. The van der Waals surface area contributed by atoms with Crippen molar-refractivity contribution in [2.24, 2.45) is 5.84 Å². The molecule has 2 atom stereocenters. The summed E-state index contributed by atoms with van der Waals surface area (Å²) in [6.45, 7) is 0. The Balaban J connectivity index is 1.81. The summed E-state index contributed by atoms with van der Waals surface area (Å²) in [6.07, 6.45) is 4.29. The molecule has 1 aliphatic carbocycles. The number of rotatable bonds is 4. The first-order chi connectivity index (χ1) is 9.78. The van der Waals surface area contributed by atoms with Gasteiger partial charge in [0.1, 0.15) is 5.82 Å². The molecule has 0 fully saturated rings. The van der Waals surface area contributed by atoms with Crippen LogP contribution in [0.25, 0.3) is 0 Å². The standard InChI is InChI=1S/C16H19FN2S/c17-12-4-1-3-11(9-12)10-15(19-18)13-5-2-6-16-14(13)7-8-20-16/h1,3-4,7-9,13,15,19H,2,5-6,10,18H2. The lowest BCUT2D eigenvalue weighted by Crippen LogP contribution is -2.42. The maximum atomic E-state index is 13.3. The maximum Gasteiger partial charge on any atom is 0.123 e. The minimum atomic E-state index is -0.182. The topological polar surface area (TPSA) is 38.0 Å². The fourth-order valence-corrected chi connectivity index (χ4v) is 4.17. The minimum absolute atomic E-state index is 0.158. The Hall–Kier alpha value is -1.23. The van der Waals surface area contributed by atoms with Crippen LogP contribution in [-0.4, -0.2) is 6.04 Å². The van der Waals surface area contributed by atoms with E-state index >= 15 is 0 Å². The normalized spacial score (nSPS) is 19.6. The van der Waals surface area contributed by atoms with Crippen LogP contribution in [0.3, 0.4) is 0 Å². The number of thiophene rings is 1. The average molecular weight is 290 g/mol. The van der Waals surface area contributed by atoms with Gasteiger partial charge in [-0.25, -0.2) is 4.39 Å². The summed E-state index contributed by atoms with van der Waals surface area (Å²) in [5, 5.41) is 2.17. The Morgan fingerprint density at radius 1 is 1.40 bits per heavy atom. The molecule has 0 saturated heterocycles. The zero-order valence-corrected chi connectivity index (χ0v) is 12.1. The summed E-state index contributed by atoms with van der Waals surface area (Å²) in [7, 11) is 0. The summed E-state index contributed by atoms with van der Waals surface area (Å²) in [4.78, 5) is 1.49. The Morgan fingerprint density at radius 2 is 2.30 bits per heavy atom. The molecule has 1 aliphatic rings.